The SMILES string of the molecule is CC(C)C(C)(C#N)N1CC(CO)CC1=O. The van der Waals surface area contributed by atoms with Crippen molar-refractivity contribution < 1.29 is 9.90 Å². The van der Waals surface area contributed by atoms with Crippen LogP contribution in [0.2, 0.25) is 0 Å². The van der Waals surface area contributed by atoms with Gasteiger partial charge in [-0.3, -0.25) is 4.79 Å². The first kappa shape index (κ1) is 12.0. The van der Waals surface area contributed by atoms with Crippen molar-refractivity contribution in [3.8, 4) is 6.07 Å². The number of amides is 1. The average molecular weight is 210 g/mol. The summed E-state index contributed by atoms with van der Waals surface area (Å²) in [5.74, 6) is 0.0552. The Morgan fingerprint density at radius 1 is 1.73 bits per heavy atom. The van der Waals surface area contributed by atoms with Gasteiger partial charge in [0.25, 0.3) is 0 Å². The smallest absolute Gasteiger partial charge is 0.224 e. The molecule has 1 N–H and O–H groups in total. The summed E-state index contributed by atoms with van der Waals surface area (Å²) in [5, 5.41) is 18.2. The van der Waals surface area contributed by atoms with E-state index in [1.54, 1.807) is 11.8 Å². The molecule has 1 aliphatic heterocycles. The first-order valence-electron chi connectivity index (χ1n) is 5.28. The third kappa shape index (κ3) is 1.98. The van der Waals surface area contributed by atoms with Gasteiger partial charge in [-0.2, -0.15) is 5.26 Å². The van der Waals surface area contributed by atoms with Gasteiger partial charge in [0.1, 0.15) is 5.54 Å². The minimum absolute atomic E-state index is 0.0103. The number of nitrogens with zero attached hydrogens (tertiary/aromatic N) is 2. The van der Waals surface area contributed by atoms with E-state index in [9.17, 15) is 10.1 Å². The zero-order valence-corrected chi connectivity index (χ0v) is 9.53. The normalized spacial score (nSPS) is 25.5. The molecule has 1 fully saturated rings. The van der Waals surface area contributed by atoms with Crippen LogP contribution >= 0.6 is 0 Å². The van der Waals surface area contributed by atoms with Gasteiger partial charge in [-0.25, -0.2) is 0 Å². The van der Waals surface area contributed by atoms with Gasteiger partial charge in [-0.15, -0.1) is 0 Å². The van der Waals surface area contributed by atoms with Crippen LogP contribution in [0.5, 0.6) is 0 Å². The standard InChI is InChI=1S/C11H18N2O2/c1-8(2)11(3,7-12)13-5-9(6-14)4-10(13)15/h8-9,14H,4-6H2,1-3H3. The molecule has 0 saturated carbocycles. The molecular weight excluding hydrogens is 192 g/mol. The Kier molecular flexibility index (Phi) is 3.35. The van der Waals surface area contributed by atoms with Crippen molar-refractivity contribution in [2.24, 2.45) is 11.8 Å². The van der Waals surface area contributed by atoms with Crippen molar-refractivity contribution in [1.29, 1.82) is 5.26 Å². The van der Waals surface area contributed by atoms with Gasteiger partial charge in [0.2, 0.25) is 5.91 Å². The van der Waals surface area contributed by atoms with Crippen LogP contribution in [0.1, 0.15) is 27.2 Å². The van der Waals surface area contributed by atoms with Crippen LogP contribution in [0.3, 0.4) is 0 Å². The summed E-state index contributed by atoms with van der Waals surface area (Å²) in [4.78, 5) is 13.3. The number of rotatable bonds is 3. The molecule has 0 bridgehead atoms. The van der Waals surface area contributed by atoms with Gasteiger partial charge < -0.3 is 10.0 Å². The van der Waals surface area contributed by atoms with E-state index < -0.39 is 5.54 Å². The maximum Gasteiger partial charge on any atom is 0.224 e. The van der Waals surface area contributed by atoms with E-state index in [4.69, 9.17) is 5.11 Å². The quantitative estimate of drug-likeness (QED) is 0.748. The number of carbonyl (C=O) groups excluding carboxylic acids is 1. The predicted molar refractivity (Wildman–Crippen MR) is 55.8 cm³/mol. The fourth-order valence-electron chi connectivity index (χ4n) is 1.85. The number of hydrogen-bond donors (Lipinski definition) is 1. The molecule has 1 aliphatic rings. The lowest BCUT2D eigenvalue weighted by molar-refractivity contribution is -0.132. The highest BCUT2D eigenvalue weighted by atomic mass is 16.3. The lowest BCUT2D eigenvalue weighted by Gasteiger charge is -2.36. The fraction of sp³-hybridized carbons (Fsp3) is 0.818. The number of hydrogen-bond acceptors (Lipinski definition) is 3. The molecule has 4 nitrogen and oxygen atoms in total. The van der Waals surface area contributed by atoms with Crippen molar-refractivity contribution in [2.45, 2.75) is 32.7 Å². The second-order valence-electron chi connectivity index (χ2n) is 4.67. The third-order valence-electron chi connectivity index (χ3n) is 3.37. The molecule has 15 heavy (non-hydrogen) atoms. The summed E-state index contributed by atoms with van der Waals surface area (Å²) in [6.07, 6.45) is 0.362. The van der Waals surface area contributed by atoms with Gasteiger partial charge in [0.15, 0.2) is 0 Å². The molecule has 0 aliphatic carbocycles. The van der Waals surface area contributed by atoms with Crippen LogP contribution in [0, 0.1) is 23.2 Å². The Bertz CT molecular complexity index is 295. The van der Waals surface area contributed by atoms with Crippen molar-refractivity contribution in [3.05, 3.63) is 0 Å². The van der Waals surface area contributed by atoms with Crippen LogP contribution < -0.4 is 0 Å². The zero-order chi connectivity index (χ0) is 11.6. The van der Waals surface area contributed by atoms with E-state index in [0.717, 1.165) is 0 Å². The largest absolute Gasteiger partial charge is 0.396 e. The zero-order valence-electron chi connectivity index (χ0n) is 9.53. The van der Waals surface area contributed by atoms with Crippen molar-refractivity contribution >= 4 is 5.91 Å². The Hall–Kier alpha value is -1.08. The Morgan fingerprint density at radius 2 is 2.33 bits per heavy atom. The van der Waals surface area contributed by atoms with Crippen LogP contribution in [0.15, 0.2) is 0 Å². The monoisotopic (exact) mass is 210 g/mol. The van der Waals surface area contributed by atoms with Gasteiger partial charge in [0.05, 0.1) is 6.07 Å². The number of carbonyl (C=O) groups is 1. The Balaban J connectivity index is 2.89. The number of aliphatic hydroxyl groups is 1. The van der Waals surface area contributed by atoms with E-state index in [0.29, 0.717) is 13.0 Å². The third-order valence-corrected chi connectivity index (χ3v) is 3.37. The van der Waals surface area contributed by atoms with Crippen LogP contribution in [0.25, 0.3) is 0 Å². The van der Waals surface area contributed by atoms with Crippen LogP contribution in [-0.4, -0.2) is 34.6 Å². The first-order valence-corrected chi connectivity index (χ1v) is 5.28. The number of nitriles is 1. The molecule has 0 spiro atoms. The molecule has 1 saturated heterocycles. The molecule has 0 radical (unpaired) electrons. The molecule has 1 amide bonds. The Labute approximate surface area is 90.5 Å². The minimum Gasteiger partial charge on any atom is -0.396 e. The molecule has 4 heteroatoms. The summed E-state index contributed by atoms with van der Waals surface area (Å²) >= 11 is 0. The lowest BCUT2D eigenvalue weighted by atomic mass is 9.88. The highest BCUT2D eigenvalue weighted by molar-refractivity contribution is 5.80. The molecule has 1 rings (SSSR count). The average Bonchev–Trinajstić information content (AvgIpc) is 2.58. The van der Waals surface area contributed by atoms with Gasteiger partial charge >= 0.3 is 0 Å². The highest BCUT2D eigenvalue weighted by Crippen LogP contribution is 2.30. The molecule has 0 aromatic heterocycles. The predicted octanol–water partition coefficient (Wildman–Crippen LogP) is 0.765. The number of aliphatic hydroxyl groups excluding tert-OH is 1. The second-order valence-corrected chi connectivity index (χ2v) is 4.67. The summed E-state index contributed by atoms with van der Waals surface area (Å²) in [5.41, 5.74) is -0.749. The fourth-order valence-corrected chi connectivity index (χ4v) is 1.85. The maximum atomic E-state index is 11.7. The van der Waals surface area contributed by atoms with Crippen LogP contribution in [0.4, 0.5) is 0 Å². The number of likely N-dealkylation sites (tertiary alicyclic amines) is 1. The van der Waals surface area contributed by atoms with Gasteiger partial charge in [0, 0.05) is 25.5 Å². The van der Waals surface area contributed by atoms with E-state index >= 15 is 0 Å². The topological polar surface area (TPSA) is 64.3 Å². The van der Waals surface area contributed by atoms with Crippen LogP contribution in [-0.2, 0) is 4.79 Å². The van der Waals surface area contributed by atoms with E-state index in [1.807, 2.05) is 13.8 Å². The summed E-state index contributed by atoms with van der Waals surface area (Å²) < 4.78 is 0. The molecule has 1 heterocycles. The molecular formula is C11H18N2O2. The van der Waals surface area contributed by atoms with Crippen molar-refractivity contribution in [3.63, 3.8) is 0 Å². The molecule has 2 unspecified atom stereocenters. The van der Waals surface area contributed by atoms with E-state index in [2.05, 4.69) is 6.07 Å². The summed E-state index contributed by atoms with van der Waals surface area (Å²) in [6.45, 7) is 6.17. The van der Waals surface area contributed by atoms with Gasteiger partial charge in [-0.05, 0) is 12.8 Å². The summed E-state index contributed by atoms with van der Waals surface area (Å²) in [6, 6.07) is 2.22. The maximum absolute atomic E-state index is 11.7. The summed E-state index contributed by atoms with van der Waals surface area (Å²) in [7, 11) is 0. The molecule has 2 atom stereocenters. The van der Waals surface area contributed by atoms with Crippen molar-refractivity contribution in [1.82, 2.24) is 4.90 Å². The molecule has 84 valence electrons. The Morgan fingerprint density at radius 3 is 2.67 bits per heavy atom. The first-order chi connectivity index (χ1) is 6.95. The van der Waals surface area contributed by atoms with E-state index in [-0.39, 0.29) is 24.3 Å². The van der Waals surface area contributed by atoms with Gasteiger partial charge in [-0.1, -0.05) is 13.8 Å². The lowest BCUT2D eigenvalue weighted by Crippen LogP contribution is -2.50. The minimum atomic E-state index is -0.749. The van der Waals surface area contributed by atoms with E-state index in [1.165, 1.54) is 0 Å². The molecule has 0 aromatic carbocycles. The van der Waals surface area contributed by atoms with Crippen molar-refractivity contribution in [2.75, 3.05) is 13.2 Å². The molecule has 0 aromatic rings. The second kappa shape index (κ2) is 4.19. The highest BCUT2D eigenvalue weighted by Gasteiger charge is 2.43.